The minimum absolute atomic E-state index is 0.483. The predicted octanol–water partition coefficient (Wildman–Crippen LogP) is 7.17. The van der Waals surface area contributed by atoms with Gasteiger partial charge in [0.1, 0.15) is 0 Å². The maximum Gasteiger partial charge on any atom is 0.0714 e. The predicted molar refractivity (Wildman–Crippen MR) is 126 cm³/mol. The smallest absolute Gasteiger partial charge is 0.0714 e. The number of unbranched alkanes of at least 4 members (excludes halogenated alkanes) is 6. The number of rotatable bonds is 13. The van der Waals surface area contributed by atoms with E-state index in [1.54, 1.807) is 0 Å². The maximum absolute atomic E-state index is 6.26. The lowest BCUT2D eigenvalue weighted by atomic mass is 9.87. The molecule has 3 unspecified atom stereocenters. The molecule has 3 aliphatic rings. The van der Waals surface area contributed by atoms with Crippen molar-refractivity contribution in [1.29, 1.82) is 0 Å². The number of fused-ring (bicyclic) bond motifs is 1. The molecule has 3 atom stereocenters. The zero-order valence-corrected chi connectivity index (χ0v) is 19.9. The second-order valence-electron chi connectivity index (χ2n) is 9.46. The number of aliphatic imine (C=N–C) groups is 1. The molecule has 0 aromatic heterocycles. The van der Waals surface area contributed by atoms with Gasteiger partial charge in [0.05, 0.1) is 23.3 Å². The molecule has 2 aliphatic carbocycles. The van der Waals surface area contributed by atoms with E-state index in [9.17, 15) is 0 Å². The highest BCUT2D eigenvalue weighted by Crippen LogP contribution is 2.43. The van der Waals surface area contributed by atoms with E-state index < -0.39 is 0 Å². The first-order valence-corrected chi connectivity index (χ1v) is 13.7. The van der Waals surface area contributed by atoms with E-state index in [1.165, 1.54) is 101 Å². The van der Waals surface area contributed by atoms with Crippen LogP contribution in [0.15, 0.2) is 4.99 Å². The molecule has 29 heavy (non-hydrogen) atoms. The largest absolute Gasteiger partial charge is 0.378 e. The Balaban J connectivity index is 1.30. The number of nitrogens with zero attached hydrogens (tertiary/aromatic N) is 1. The summed E-state index contributed by atoms with van der Waals surface area (Å²) in [5, 5.41) is 2.16. The third-order valence-electron chi connectivity index (χ3n) is 7.00. The first kappa shape index (κ1) is 23.6. The van der Waals surface area contributed by atoms with E-state index in [0.717, 1.165) is 13.2 Å². The summed E-state index contributed by atoms with van der Waals surface area (Å²) >= 11 is 2.11. The van der Waals surface area contributed by atoms with Crippen molar-refractivity contribution in [2.24, 2.45) is 10.9 Å². The van der Waals surface area contributed by atoms with Gasteiger partial charge in [0.25, 0.3) is 0 Å². The first-order valence-electron chi connectivity index (χ1n) is 12.8. The van der Waals surface area contributed by atoms with Crippen LogP contribution in [-0.4, -0.2) is 41.8 Å². The number of hydrogen-bond acceptors (Lipinski definition) is 4. The van der Waals surface area contributed by atoms with Gasteiger partial charge in [-0.15, -0.1) is 11.8 Å². The summed E-state index contributed by atoms with van der Waals surface area (Å²) in [4.78, 5) is 5.19. The Hall–Kier alpha value is -0.0600. The van der Waals surface area contributed by atoms with Crippen LogP contribution in [0.1, 0.15) is 110 Å². The molecule has 2 fully saturated rings. The summed E-state index contributed by atoms with van der Waals surface area (Å²) in [6.45, 7) is 6.43. The van der Waals surface area contributed by atoms with Crippen molar-refractivity contribution in [3.05, 3.63) is 0 Å². The molecule has 2 saturated carbocycles. The highest BCUT2D eigenvalue weighted by Gasteiger charge is 2.39. The molecular weight excluding hydrogens is 378 g/mol. The summed E-state index contributed by atoms with van der Waals surface area (Å²) in [7, 11) is 0. The van der Waals surface area contributed by atoms with Crippen LogP contribution in [0.5, 0.6) is 0 Å². The van der Waals surface area contributed by atoms with Gasteiger partial charge in [-0.2, -0.15) is 0 Å². The fourth-order valence-corrected chi connectivity index (χ4v) is 6.66. The Kier molecular flexibility index (Phi) is 10.9. The summed E-state index contributed by atoms with van der Waals surface area (Å²) in [5.74, 6) is 0.708. The lowest BCUT2D eigenvalue weighted by Gasteiger charge is -2.30. The normalized spacial score (nSPS) is 32.2. The molecule has 0 aromatic rings. The number of hydrogen-bond donors (Lipinski definition) is 0. The van der Waals surface area contributed by atoms with Crippen molar-refractivity contribution in [3.63, 3.8) is 0 Å². The van der Waals surface area contributed by atoms with E-state index in [-0.39, 0.29) is 0 Å². The zero-order valence-electron chi connectivity index (χ0n) is 19.1. The van der Waals surface area contributed by atoms with Gasteiger partial charge >= 0.3 is 0 Å². The SMILES string of the molecule is CCCCCCCCOC1CCC2N=C(C3CCC(OCCCC)CC3)SC2C1. The van der Waals surface area contributed by atoms with Crippen molar-refractivity contribution < 1.29 is 9.47 Å². The topological polar surface area (TPSA) is 30.8 Å². The fourth-order valence-electron chi connectivity index (χ4n) is 5.06. The highest BCUT2D eigenvalue weighted by molar-refractivity contribution is 8.14. The minimum Gasteiger partial charge on any atom is -0.378 e. The zero-order chi connectivity index (χ0) is 20.3. The first-order chi connectivity index (χ1) is 14.3. The number of ether oxygens (including phenoxy) is 2. The molecule has 0 amide bonds. The van der Waals surface area contributed by atoms with E-state index in [4.69, 9.17) is 14.5 Å². The Labute approximate surface area is 184 Å². The molecule has 0 spiro atoms. The van der Waals surface area contributed by atoms with Crippen molar-refractivity contribution in [3.8, 4) is 0 Å². The van der Waals surface area contributed by atoms with Gasteiger partial charge in [0, 0.05) is 24.4 Å². The molecule has 0 saturated heterocycles. The molecule has 168 valence electrons. The van der Waals surface area contributed by atoms with Gasteiger partial charge in [0.15, 0.2) is 0 Å². The van der Waals surface area contributed by atoms with Crippen molar-refractivity contribution in [2.45, 2.75) is 134 Å². The summed E-state index contributed by atoms with van der Waals surface area (Å²) in [5.41, 5.74) is 0. The lowest BCUT2D eigenvalue weighted by molar-refractivity contribution is 0.0224. The van der Waals surface area contributed by atoms with Gasteiger partial charge in [-0.1, -0.05) is 52.4 Å². The Morgan fingerprint density at radius 2 is 1.41 bits per heavy atom. The maximum atomic E-state index is 6.26. The summed E-state index contributed by atoms with van der Waals surface area (Å²) in [6, 6.07) is 0.572. The van der Waals surface area contributed by atoms with Crippen LogP contribution >= 0.6 is 11.8 Å². The van der Waals surface area contributed by atoms with E-state index in [2.05, 4.69) is 25.6 Å². The van der Waals surface area contributed by atoms with Crippen molar-refractivity contribution in [2.75, 3.05) is 13.2 Å². The molecule has 0 N–H and O–H groups in total. The van der Waals surface area contributed by atoms with Gasteiger partial charge in [-0.3, -0.25) is 4.99 Å². The molecular formula is C25H45NO2S. The van der Waals surface area contributed by atoms with E-state index in [1.807, 2.05) is 0 Å². The molecule has 4 heteroatoms. The molecule has 0 aromatic carbocycles. The lowest BCUT2D eigenvalue weighted by Crippen LogP contribution is -2.32. The second kappa shape index (κ2) is 13.4. The Bertz CT molecular complexity index is 475. The third-order valence-corrected chi connectivity index (χ3v) is 8.49. The van der Waals surface area contributed by atoms with Crippen LogP contribution < -0.4 is 0 Å². The van der Waals surface area contributed by atoms with Crippen LogP contribution in [-0.2, 0) is 9.47 Å². The fraction of sp³-hybridized carbons (Fsp3) is 0.960. The van der Waals surface area contributed by atoms with Crippen LogP contribution in [0.25, 0.3) is 0 Å². The van der Waals surface area contributed by atoms with Crippen LogP contribution in [0.2, 0.25) is 0 Å². The van der Waals surface area contributed by atoms with Crippen LogP contribution in [0.4, 0.5) is 0 Å². The number of thioether (sulfide) groups is 1. The molecule has 3 rings (SSSR count). The highest BCUT2D eigenvalue weighted by atomic mass is 32.2. The van der Waals surface area contributed by atoms with E-state index >= 15 is 0 Å². The summed E-state index contributed by atoms with van der Waals surface area (Å²) in [6.07, 6.45) is 20.2. The van der Waals surface area contributed by atoms with Crippen molar-refractivity contribution >= 4 is 16.8 Å². The van der Waals surface area contributed by atoms with Gasteiger partial charge in [-0.25, -0.2) is 0 Å². The van der Waals surface area contributed by atoms with Crippen molar-refractivity contribution in [1.82, 2.24) is 0 Å². The quantitative estimate of drug-likeness (QED) is 0.294. The van der Waals surface area contributed by atoms with Gasteiger partial charge in [0.2, 0.25) is 0 Å². The second-order valence-corrected chi connectivity index (χ2v) is 10.7. The molecule has 1 aliphatic heterocycles. The average Bonchev–Trinajstić information content (AvgIpc) is 3.17. The van der Waals surface area contributed by atoms with E-state index in [0.29, 0.717) is 29.4 Å². The Morgan fingerprint density at radius 3 is 2.21 bits per heavy atom. The van der Waals surface area contributed by atoms with Gasteiger partial charge in [-0.05, 0) is 57.8 Å². The standard InChI is InChI=1S/C25H45NO2S/c1-3-5-7-8-9-10-18-28-22-15-16-23-24(19-22)29-25(26-23)20-11-13-21(14-12-20)27-17-6-4-2/h20-24H,3-19H2,1-2H3. The van der Waals surface area contributed by atoms with Crippen LogP contribution in [0.3, 0.4) is 0 Å². The average molecular weight is 424 g/mol. The van der Waals surface area contributed by atoms with Crippen LogP contribution in [0, 0.1) is 5.92 Å². The molecule has 0 bridgehead atoms. The Morgan fingerprint density at radius 1 is 0.759 bits per heavy atom. The monoisotopic (exact) mass is 423 g/mol. The molecule has 1 heterocycles. The summed E-state index contributed by atoms with van der Waals surface area (Å²) < 4.78 is 12.3. The minimum atomic E-state index is 0.483. The third kappa shape index (κ3) is 7.85. The molecule has 3 nitrogen and oxygen atoms in total. The molecule has 0 radical (unpaired) electrons. The van der Waals surface area contributed by atoms with Gasteiger partial charge < -0.3 is 9.47 Å².